The fraction of sp³-hybridized carbons (Fsp3) is 0.391. The Labute approximate surface area is 161 Å². The van der Waals surface area contributed by atoms with Crippen LogP contribution in [0, 0.1) is 31.1 Å². The molecule has 2 aromatic carbocycles. The third-order valence-corrected chi connectivity index (χ3v) is 5.58. The number of para-hydroxylation sites is 1. The lowest BCUT2D eigenvalue weighted by Crippen LogP contribution is -2.34. The number of hydrogen-bond donors (Lipinski definition) is 0. The minimum Gasteiger partial charge on any atom is -0.465 e. The zero-order chi connectivity index (χ0) is 19.4. The zero-order valence-corrected chi connectivity index (χ0v) is 16.3. The lowest BCUT2D eigenvalue weighted by molar-refractivity contribution is 0.0599. The van der Waals surface area contributed by atoms with E-state index < -0.39 is 0 Å². The van der Waals surface area contributed by atoms with Gasteiger partial charge in [-0.3, -0.25) is 0 Å². The van der Waals surface area contributed by atoms with Gasteiger partial charge in [0.15, 0.2) is 0 Å². The van der Waals surface area contributed by atoms with Crippen molar-refractivity contribution in [2.45, 2.75) is 33.1 Å². The van der Waals surface area contributed by atoms with Crippen LogP contribution in [0.2, 0.25) is 0 Å². The number of benzene rings is 2. The van der Waals surface area contributed by atoms with E-state index in [2.05, 4.69) is 24.0 Å². The third-order valence-electron chi connectivity index (χ3n) is 5.58. The highest BCUT2D eigenvalue weighted by Gasteiger charge is 2.22. The van der Waals surface area contributed by atoms with Gasteiger partial charge in [-0.15, -0.1) is 0 Å². The van der Waals surface area contributed by atoms with Crippen molar-refractivity contribution in [1.29, 1.82) is 5.26 Å². The molecular weight excluding hydrogens is 336 g/mol. The van der Waals surface area contributed by atoms with E-state index in [0.29, 0.717) is 11.5 Å². The minimum atomic E-state index is -0.267. The fourth-order valence-electron chi connectivity index (χ4n) is 3.98. The van der Waals surface area contributed by atoms with Crippen LogP contribution in [0.15, 0.2) is 36.4 Å². The van der Waals surface area contributed by atoms with Crippen LogP contribution in [-0.2, 0) is 11.2 Å². The summed E-state index contributed by atoms with van der Waals surface area (Å²) in [6.45, 7) is 5.98. The molecule has 1 saturated heterocycles. The maximum atomic E-state index is 12.0. The average molecular weight is 362 g/mol. The Hall–Kier alpha value is -2.80. The summed E-state index contributed by atoms with van der Waals surface area (Å²) >= 11 is 0. The highest BCUT2D eigenvalue weighted by molar-refractivity contribution is 5.91. The van der Waals surface area contributed by atoms with Crippen molar-refractivity contribution in [1.82, 2.24) is 0 Å². The standard InChI is InChI=1S/C23H26N2O2/c1-16-12-17(2)21(23(26)27-3)14-20(16)13-18-8-10-25(11-9-18)22-7-5-4-6-19(22)15-24/h4-7,12,14,18H,8-11,13H2,1-3H3. The monoisotopic (exact) mass is 362 g/mol. The van der Waals surface area contributed by atoms with Gasteiger partial charge in [-0.25, -0.2) is 4.79 Å². The van der Waals surface area contributed by atoms with E-state index in [-0.39, 0.29) is 5.97 Å². The number of anilines is 1. The molecule has 0 bridgehead atoms. The van der Waals surface area contributed by atoms with E-state index in [1.54, 1.807) is 0 Å². The van der Waals surface area contributed by atoms with Crippen LogP contribution in [0.3, 0.4) is 0 Å². The number of aryl methyl sites for hydroxylation is 2. The molecule has 0 spiro atoms. The summed E-state index contributed by atoms with van der Waals surface area (Å²) < 4.78 is 4.91. The van der Waals surface area contributed by atoms with Gasteiger partial charge >= 0.3 is 5.97 Å². The van der Waals surface area contributed by atoms with Crippen LogP contribution in [0.4, 0.5) is 5.69 Å². The van der Waals surface area contributed by atoms with Gasteiger partial charge < -0.3 is 9.64 Å². The molecule has 0 atom stereocenters. The second-order valence-corrected chi connectivity index (χ2v) is 7.35. The summed E-state index contributed by atoms with van der Waals surface area (Å²) in [7, 11) is 1.43. The lowest BCUT2D eigenvalue weighted by Gasteiger charge is -2.34. The maximum absolute atomic E-state index is 12.0. The van der Waals surface area contributed by atoms with Crippen molar-refractivity contribution in [2.24, 2.45) is 5.92 Å². The van der Waals surface area contributed by atoms with Crippen molar-refractivity contribution in [3.05, 3.63) is 64.2 Å². The molecule has 4 nitrogen and oxygen atoms in total. The maximum Gasteiger partial charge on any atom is 0.338 e. The average Bonchev–Trinajstić information content (AvgIpc) is 2.70. The molecule has 1 aliphatic rings. The normalized spacial score (nSPS) is 14.7. The first kappa shape index (κ1) is 19.0. The molecule has 4 heteroatoms. The number of ether oxygens (including phenoxy) is 1. The van der Waals surface area contributed by atoms with Gasteiger partial charge in [-0.2, -0.15) is 5.26 Å². The van der Waals surface area contributed by atoms with E-state index in [0.717, 1.165) is 49.2 Å². The van der Waals surface area contributed by atoms with Gasteiger partial charge in [-0.1, -0.05) is 18.2 Å². The van der Waals surface area contributed by atoms with Gasteiger partial charge in [0.2, 0.25) is 0 Å². The number of methoxy groups -OCH3 is 1. The van der Waals surface area contributed by atoms with E-state index in [1.165, 1.54) is 18.2 Å². The van der Waals surface area contributed by atoms with E-state index in [9.17, 15) is 10.1 Å². The Morgan fingerprint density at radius 1 is 1.19 bits per heavy atom. The van der Waals surface area contributed by atoms with Crippen molar-refractivity contribution >= 4 is 11.7 Å². The molecule has 0 amide bonds. The summed E-state index contributed by atoms with van der Waals surface area (Å²) in [4.78, 5) is 14.3. The van der Waals surface area contributed by atoms with Gasteiger partial charge in [-0.05, 0) is 73.9 Å². The van der Waals surface area contributed by atoms with Gasteiger partial charge in [0.1, 0.15) is 6.07 Å². The topological polar surface area (TPSA) is 53.3 Å². The largest absolute Gasteiger partial charge is 0.465 e. The van der Waals surface area contributed by atoms with Crippen molar-refractivity contribution in [2.75, 3.05) is 25.1 Å². The summed E-state index contributed by atoms with van der Waals surface area (Å²) in [6.07, 6.45) is 3.14. The number of esters is 1. The number of nitrogens with zero attached hydrogens (tertiary/aromatic N) is 2. The molecular formula is C23H26N2O2. The molecule has 140 valence electrons. The second-order valence-electron chi connectivity index (χ2n) is 7.35. The molecule has 0 aliphatic carbocycles. The highest BCUT2D eigenvalue weighted by atomic mass is 16.5. The van der Waals surface area contributed by atoms with E-state index in [4.69, 9.17) is 4.74 Å². The van der Waals surface area contributed by atoms with Gasteiger partial charge in [0.05, 0.1) is 23.9 Å². The highest BCUT2D eigenvalue weighted by Crippen LogP contribution is 2.29. The molecule has 27 heavy (non-hydrogen) atoms. The SMILES string of the molecule is COC(=O)c1cc(CC2CCN(c3ccccc3C#N)CC2)c(C)cc1C. The van der Waals surface area contributed by atoms with Crippen LogP contribution in [-0.4, -0.2) is 26.2 Å². The summed E-state index contributed by atoms with van der Waals surface area (Å²) in [5.41, 5.74) is 5.88. The Morgan fingerprint density at radius 3 is 2.56 bits per heavy atom. The van der Waals surface area contributed by atoms with E-state index in [1.807, 2.05) is 37.3 Å². The van der Waals surface area contributed by atoms with Crippen LogP contribution in [0.25, 0.3) is 0 Å². The smallest absolute Gasteiger partial charge is 0.338 e. The summed E-state index contributed by atoms with van der Waals surface area (Å²) in [5.74, 6) is 0.319. The molecule has 2 aromatic rings. The first-order valence-electron chi connectivity index (χ1n) is 9.46. The number of nitriles is 1. The molecule has 0 unspecified atom stereocenters. The van der Waals surface area contributed by atoms with Crippen molar-refractivity contribution in [3.63, 3.8) is 0 Å². The molecule has 0 radical (unpaired) electrons. The molecule has 1 aliphatic heterocycles. The summed E-state index contributed by atoms with van der Waals surface area (Å²) in [5, 5.41) is 9.33. The Morgan fingerprint density at radius 2 is 1.89 bits per heavy atom. The van der Waals surface area contributed by atoms with Crippen LogP contribution in [0.5, 0.6) is 0 Å². The predicted octanol–water partition coefficient (Wildman–Crippen LogP) is 4.42. The number of hydrogen-bond acceptors (Lipinski definition) is 4. The minimum absolute atomic E-state index is 0.267. The van der Waals surface area contributed by atoms with Crippen LogP contribution < -0.4 is 4.90 Å². The molecule has 1 heterocycles. The number of carbonyl (C=O) groups excluding carboxylic acids is 1. The third kappa shape index (κ3) is 4.14. The van der Waals surface area contributed by atoms with Gasteiger partial charge in [0.25, 0.3) is 0 Å². The van der Waals surface area contributed by atoms with Crippen molar-refractivity contribution in [3.8, 4) is 6.07 Å². The van der Waals surface area contributed by atoms with Crippen LogP contribution in [0.1, 0.15) is 45.5 Å². The fourth-order valence-corrected chi connectivity index (χ4v) is 3.98. The molecule has 0 N–H and O–H groups in total. The molecule has 3 rings (SSSR count). The first-order valence-corrected chi connectivity index (χ1v) is 9.46. The molecule has 0 aromatic heterocycles. The first-order chi connectivity index (χ1) is 13.0. The zero-order valence-electron chi connectivity index (χ0n) is 16.3. The number of piperidine rings is 1. The van der Waals surface area contributed by atoms with Crippen molar-refractivity contribution < 1.29 is 9.53 Å². The number of rotatable bonds is 4. The quantitative estimate of drug-likeness (QED) is 0.756. The Kier molecular flexibility index (Phi) is 5.81. The molecule has 0 saturated carbocycles. The van der Waals surface area contributed by atoms with E-state index >= 15 is 0 Å². The Balaban J connectivity index is 1.69. The lowest BCUT2D eigenvalue weighted by atomic mass is 9.87. The van der Waals surface area contributed by atoms with Crippen LogP contribution >= 0.6 is 0 Å². The second kappa shape index (κ2) is 8.26. The number of carbonyl (C=O) groups is 1. The predicted molar refractivity (Wildman–Crippen MR) is 107 cm³/mol. The molecule has 1 fully saturated rings. The summed E-state index contributed by atoms with van der Waals surface area (Å²) in [6, 6.07) is 14.2. The Bertz CT molecular complexity index is 874. The van der Waals surface area contributed by atoms with Gasteiger partial charge in [0, 0.05) is 13.1 Å².